The van der Waals surface area contributed by atoms with Gasteiger partial charge < -0.3 is 10.2 Å². The van der Waals surface area contributed by atoms with Crippen molar-refractivity contribution in [2.45, 2.75) is 19.8 Å². The van der Waals surface area contributed by atoms with Crippen molar-refractivity contribution < 1.29 is 4.74 Å². The second-order valence-corrected chi connectivity index (χ2v) is 4.76. The topological polar surface area (TPSA) is 86.0 Å². The van der Waals surface area contributed by atoms with Gasteiger partial charge in [0, 0.05) is 23.2 Å². The van der Waals surface area contributed by atoms with E-state index in [-0.39, 0.29) is 0 Å². The molecule has 19 heavy (non-hydrogen) atoms. The SMILES string of the molecule is CCCc1nc(NN)cc(Oc2cncc(Br)c2)n1. The number of hydrazine groups is 1. The fourth-order valence-corrected chi connectivity index (χ4v) is 1.85. The predicted octanol–water partition coefficient (Wildman–Crippen LogP) is 2.66. The van der Waals surface area contributed by atoms with Gasteiger partial charge in [0.2, 0.25) is 5.88 Å². The summed E-state index contributed by atoms with van der Waals surface area (Å²) in [6.45, 7) is 2.06. The van der Waals surface area contributed by atoms with Gasteiger partial charge in [-0.3, -0.25) is 4.98 Å². The third-order valence-electron chi connectivity index (χ3n) is 2.27. The molecule has 7 heteroatoms. The van der Waals surface area contributed by atoms with E-state index < -0.39 is 0 Å². The first-order valence-electron chi connectivity index (χ1n) is 5.84. The molecule has 6 nitrogen and oxygen atoms in total. The number of pyridine rings is 1. The molecule has 0 atom stereocenters. The summed E-state index contributed by atoms with van der Waals surface area (Å²) in [5, 5.41) is 0. The number of nitrogen functional groups attached to an aromatic ring is 1. The maximum absolute atomic E-state index is 5.65. The van der Waals surface area contributed by atoms with Crippen LogP contribution >= 0.6 is 15.9 Å². The average molecular weight is 324 g/mol. The van der Waals surface area contributed by atoms with E-state index in [1.54, 1.807) is 18.5 Å². The molecule has 100 valence electrons. The molecule has 3 N–H and O–H groups in total. The van der Waals surface area contributed by atoms with Crippen LogP contribution in [0.15, 0.2) is 29.0 Å². The highest BCUT2D eigenvalue weighted by Gasteiger charge is 2.06. The van der Waals surface area contributed by atoms with Gasteiger partial charge in [0.1, 0.15) is 17.4 Å². The molecule has 0 aliphatic carbocycles. The molecule has 0 aliphatic heterocycles. The maximum Gasteiger partial charge on any atom is 0.224 e. The summed E-state index contributed by atoms with van der Waals surface area (Å²) >= 11 is 3.34. The van der Waals surface area contributed by atoms with Crippen LogP contribution in [-0.2, 0) is 6.42 Å². The van der Waals surface area contributed by atoms with Crippen LogP contribution in [0, 0.1) is 0 Å². The van der Waals surface area contributed by atoms with Crippen LogP contribution in [0.3, 0.4) is 0 Å². The van der Waals surface area contributed by atoms with E-state index in [2.05, 4.69) is 43.2 Å². The van der Waals surface area contributed by atoms with E-state index in [0.29, 0.717) is 23.3 Å². The number of nitrogens with one attached hydrogen (secondary N) is 1. The van der Waals surface area contributed by atoms with Gasteiger partial charge in [-0.15, -0.1) is 0 Å². The average Bonchev–Trinajstić information content (AvgIpc) is 2.39. The molecule has 2 rings (SSSR count). The molecule has 2 heterocycles. The van der Waals surface area contributed by atoms with Crippen molar-refractivity contribution in [1.82, 2.24) is 15.0 Å². The van der Waals surface area contributed by atoms with Gasteiger partial charge in [-0.2, -0.15) is 4.98 Å². The molecular formula is C12H14BrN5O. The van der Waals surface area contributed by atoms with Crippen molar-refractivity contribution in [1.29, 1.82) is 0 Å². The highest BCUT2D eigenvalue weighted by molar-refractivity contribution is 9.10. The number of rotatable bonds is 5. The third-order valence-corrected chi connectivity index (χ3v) is 2.71. The summed E-state index contributed by atoms with van der Waals surface area (Å²) in [7, 11) is 0. The van der Waals surface area contributed by atoms with Crippen LogP contribution in [0.2, 0.25) is 0 Å². The van der Waals surface area contributed by atoms with Gasteiger partial charge in [-0.05, 0) is 28.4 Å². The van der Waals surface area contributed by atoms with Crippen molar-refractivity contribution in [3.05, 3.63) is 34.8 Å². The fourth-order valence-electron chi connectivity index (χ4n) is 1.50. The molecule has 0 saturated carbocycles. The van der Waals surface area contributed by atoms with E-state index >= 15 is 0 Å². The molecule has 0 aromatic carbocycles. The largest absolute Gasteiger partial charge is 0.437 e. The van der Waals surface area contributed by atoms with Crippen LogP contribution in [-0.4, -0.2) is 15.0 Å². The zero-order chi connectivity index (χ0) is 13.7. The lowest BCUT2D eigenvalue weighted by atomic mass is 10.3. The van der Waals surface area contributed by atoms with E-state index in [1.807, 2.05) is 6.07 Å². The van der Waals surface area contributed by atoms with Crippen molar-refractivity contribution in [3.8, 4) is 11.6 Å². The fraction of sp³-hybridized carbons (Fsp3) is 0.250. The molecule has 0 fully saturated rings. The number of halogens is 1. The Kier molecular flexibility index (Phi) is 4.64. The van der Waals surface area contributed by atoms with Crippen LogP contribution in [0.5, 0.6) is 11.6 Å². The molecule has 0 unspecified atom stereocenters. The first-order valence-corrected chi connectivity index (χ1v) is 6.63. The number of nitrogens with zero attached hydrogens (tertiary/aromatic N) is 3. The molecule has 0 amide bonds. The smallest absolute Gasteiger partial charge is 0.224 e. The van der Waals surface area contributed by atoms with Crippen molar-refractivity contribution in [3.63, 3.8) is 0 Å². The molecule has 0 bridgehead atoms. The lowest BCUT2D eigenvalue weighted by molar-refractivity contribution is 0.456. The maximum atomic E-state index is 5.65. The number of aryl methyl sites for hydroxylation is 1. The van der Waals surface area contributed by atoms with Crippen LogP contribution < -0.4 is 16.0 Å². The Morgan fingerprint density at radius 3 is 2.84 bits per heavy atom. The number of anilines is 1. The molecule has 2 aromatic rings. The Labute approximate surface area is 119 Å². The van der Waals surface area contributed by atoms with Gasteiger partial charge in [-0.25, -0.2) is 10.8 Å². The third kappa shape index (κ3) is 3.87. The number of nitrogens with two attached hydrogens (primary N) is 1. The highest BCUT2D eigenvalue weighted by Crippen LogP contribution is 2.23. The number of aromatic nitrogens is 3. The molecule has 0 radical (unpaired) electrons. The molecule has 0 aliphatic rings. The Hall–Kier alpha value is -1.73. The lowest BCUT2D eigenvalue weighted by Gasteiger charge is -2.08. The van der Waals surface area contributed by atoms with Gasteiger partial charge in [0.15, 0.2) is 0 Å². The Bertz CT molecular complexity index is 564. The number of ether oxygens (including phenoxy) is 1. The van der Waals surface area contributed by atoms with Crippen LogP contribution in [0.25, 0.3) is 0 Å². The summed E-state index contributed by atoms with van der Waals surface area (Å²) in [5.74, 6) is 7.63. The Morgan fingerprint density at radius 2 is 2.16 bits per heavy atom. The normalized spacial score (nSPS) is 10.3. The summed E-state index contributed by atoms with van der Waals surface area (Å²) in [5.41, 5.74) is 2.51. The summed E-state index contributed by atoms with van der Waals surface area (Å²) in [6, 6.07) is 3.45. The molecule has 2 aromatic heterocycles. The molecule has 0 spiro atoms. The standard InChI is InChI=1S/C12H14BrN5O/c1-2-3-10-16-11(18-14)5-12(17-10)19-9-4-8(13)6-15-7-9/h4-7H,2-3,14H2,1H3,(H,16,17,18). The van der Waals surface area contributed by atoms with E-state index in [4.69, 9.17) is 10.6 Å². The zero-order valence-electron chi connectivity index (χ0n) is 10.4. The molecule has 0 saturated heterocycles. The minimum absolute atomic E-state index is 0.436. The second-order valence-electron chi connectivity index (χ2n) is 3.84. The number of hydrogen-bond acceptors (Lipinski definition) is 6. The quantitative estimate of drug-likeness (QED) is 0.650. The van der Waals surface area contributed by atoms with Crippen LogP contribution in [0.4, 0.5) is 5.82 Å². The van der Waals surface area contributed by atoms with Gasteiger partial charge >= 0.3 is 0 Å². The predicted molar refractivity (Wildman–Crippen MR) is 75.8 cm³/mol. The Balaban J connectivity index is 2.26. The van der Waals surface area contributed by atoms with Crippen molar-refractivity contribution >= 4 is 21.7 Å². The first kappa shape index (κ1) is 13.7. The summed E-state index contributed by atoms with van der Waals surface area (Å²) < 4.78 is 6.49. The van der Waals surface area contributed by atoms with Gasteiger partial charge in [0.25, 0.3) is 0 Å². The summed E-state index contributed by atoms with van der Waals surface area (Å²) in [6.07, 6.45) is 5.01. The van der Waals surface area contributed by atoms with E-state index in [1.165, 1.54) is 0 Å². The van der Waals surface area contributed by atoms with Gasteiger partial charge in [0.05, 0.1) is 6.20 Å². The lowest BCUT2D eigenvalue weighted by Crippen LogP contribution is -2.10. The highest BCUT2D eigenvalue weighted by atomic mass is 79.9. The first-order chi connectivity index (χ1) is 9.21. The molecular weight excluding hydrogens is 310 g/mol. The van der Waals surface area contributed by atoms with Crippen LogP contribution in [0.1, 0.15) is 19.2 Å². The Morgan fingerprint density at radius 1 is 1.32 bits per heavy atom. The number of hydrogen-bond donors (Lipinski definition) is 2. The van der Waals surface area contributed by atoms with Crippen molar-refractivity contribution in [2.75, 3.05) is 5.43 Å². The monoisotopic (exact) mass is 323 g/mol. The zero-order valence-corrected chi connectivity index (χ0v) is 12.0. The van der Waals surface area contributed by atoms with E-state index in [0.717, 1.165) is 17.3 Å². The minimum Gasteiger partial charge on any atom is -0.437 e. The van der Waals surface area contributed by atoms with Crippen molar-refractivity contribution in [2.24, 2.45) is 5.84 Å². The summed E-state index contributed by atoms with van der Waals surface area (Å²) in [4.78, 5) is 12.6. The van der Waals surface area contributed by atoms with E-state index in [9.17, 15) is 0 Å². The minimum atomic E-state index is 0.436. The van der Waals surface area contributed by atoms with Gasteiger partial charge in [-0.1, -0.05) is 6.92 Å². The second kappa shape index (κ2) is 6.44.